The fourth-order valence-corrected chi connectivity index (χ4v) is 3.34. The van der Waals surface area contributed by atoms with E-state index in [4.69, 9.17) is 4.42 Å². The van der Waals surface area contributed by atoms with Crippen molar-refractivity contribution < 1.29 is 4.42 Å². The van der Waals surface area contributed by atoms with Crippen LogP contribution in [0.1, 0.15) is 17.0 Å². The molecule has 0 radical (unpaired) electrons. The average molecular weight is 336 g/mol. The third-order valence-electron chi connectivity index (χ3n) is 3.80. The van der Waals surface area contributed by atoms with Gasteiger partial charge in [-0.2, -0.15) is 0 Å². The van der Waals surface area contributed by atoms with Crippen molar-refractivity contribution in [2.24, 2.45) is 0 Å². The monoisotopic (exact) mass is 336 g/mol. The van der Waals surface area contributed by atoms with Gasteiger partial charge in [0.2, 0.25) is 5.89 Å². The van der Waals surface area contributed by atoms with Gasteiger partial charge in [-0.05, 0) is 43.2 Å². The van der Waals surface area contributed by atoms with Gasteiger partial charge in [-0.25, -0.2) is 4.98 Å². The Morgan fingerprint density at radius 1 is 1.12 bits per heavy atom. The van der Waals surface area contributed by atoms with Gasteiger partial charge >= 0.3 is 0 Å². The summed E-state index contributed by atoms with van der Waals surface area (Å²) in [5.41, 5.74) is 5.18. The molecule has 0 bridgehead atoms. The molecule has 0 unspecified atom stereocenters. The number of hydrogen-bond acceptors (Lipinski definition) is 5. The van der Waals surface area contributed by atoms with Gasteiger partial charge in [0.25, 0.3) is 0 Å². The highest BCUT2D eigenvalue weighted by molar-refractivity contribution is 7.98. The fraction of sp³-hybridized carbons (Fsp3) is 0.167. The van der Waals surface area contributed by atoms with Gasteiger partial charge in [-0.15, -0.1) is 10.2 Å². The van der Waals surface area contributed by atoms with E-state index in [0.717, 1.165) is 21.9 Å². The molecule has 2 heterocycles. The summed E-state index contributed by atoms with van der Waals surface area (Å²) >= 11 is 1.56. The van der Waals surface area contributed by atoms with E-state index in [-0.39, 0.29) is 0 Å². The molecule has 0 saturated heterocycles. The van der Waals surface area contributed by atoms with Crippen LogP contribution in [0, 0.1) is 13.8 Å². The zero-order valence-electron chi connectivity index (χ0n) is 13.4. The summed E-state index contributed by atoms with van der Waals surface area (Å²) < 4.78 is 7.77. The van der Waals surface area contributed by atoms with Crippen LogP contribution in [-0.4, -0.2) is 19.7 Å². The summed E-state index contributed by atoms with van der Waals surface area (Å²) in [6.07, 6.45) is 1.75. The van der Waals surface area contributed by atoms with Crippen LogP contribution in [0.2, 0.25) is 0 Å². The Labute approximate surface area is 143 Å². The quantitative estimate of drug-likeness (QED) is 0.520. The maximum Gasteiger partial charge on any atom is 0.205 e. The lowest BCUT2D eigenvalue weighted by Crippen LogP contribution is -1.98. The van der Waals surface area contributed by atoms with Crippen molar-refractivity contribution >= 4 is 22.9 Å². The minimum Gasteiger partial charge on any atom is -0.440 e. The fourth-order valence-electron chi connectivity index (χ4n) is 2.57. The first kappa shape index (κ1) is 15.0. The van der Waals surface area contributed by atoms with Crippen molar-refractivity contribution in [1.82, 2.24) is 19.7 Å². The highest BCUT2D eigenvalue weighted by Gasteiger charge is 2.12. The Kier molecular flexibility index (Phi) is 3.82. The van der Waals surface area contributed by atoms with E-state index in [2.05, 4.69) is 47.2 Å². The zero-order chi connectivity index (χ0) is 16.5. The summed E-state index contributed by atoms with van der Waals surface area (Å²) in [4.78, 5) is 4.50. The van der Waals surface area contributed by atoms with E-state index in [1.165, 1.54) is 11.1 Å². The Morgan fingerprint density at radius 3 is 2.88 bits per heavy atom. The number of hydrogen-bond donors (Lipinski definition) is 0. The van der Waals surface area contributed by atoms with Gasteiger partial charge in [0.05, 0.1) is 11.4 Å². The average Bonchev–Trinajstić information content (AvgIpc) is 3.21. The molecule has 0 fully saturated rings. The third kappa shape index (κ3) is 2.80. The first-order valence-electron chi connectivity index (χ1n) is 7.65. The van der Waals surface area contributed by atoms with E-state index >= 15 is 0 Å². The number of aryl methyl sites for hydroxylation is 2. The number of rotatable bonds is 4. The molecule has 0 N–H and O–H groups in total. The van der Waals surface area contributed by atoms with Crippen LogP contribution in [0.15, 0.2) is 58.4 Å². The largest absolute Gasteiger partial charge is 0.440 e. The van der Waals surface area contributed by atoms with Crippen LogP contribution in [0.5, 0.6) is 0 Å². The van der Waals surface area contributed by atoms with E-state index in [1.54, 1.807) is 18.1 Å². The smallest absolute Gasteiger partial charge is 0.205 e. The van der Waals surface area contributed by atoms with Crippen molar-refractivity contribution in [2.45, 2.75) is 24.8 Å². The molecular weight excluding hydrogens is 320 g/mol. The normalized spacial score (nSPS) is 11.2. The maximum absolute atomic E-state index is 5.77. The molecule has 2 aromatic carbocycles. The van der Waals surface area contributed by atoms with Crippen LogP contribution < -0.4 is 0 Å². The molecule has 2 aromatic heterocycles. The van der Waals surface area contributed by atoms with Crippen LogP contribution in [-0.2, 0) is 5.75 Å². The Morgan fingerprint density at radius 2 is 2.00 bits per heavy atom. The van der Waals surface area contributed by atoms with Gasteiger partial charge in [0.1, 0.15) is 11.8 Å². The predicted molar refractivity (Wildman–Crippen MR) is 94.4 cm³/mol. The zero-order valence-corrected chi connectivity index (χ0v) is 14.2. The molecule has 0 aliphatic heterocycles. The Hall–Kier alpha value is -2.60. The molecule has 6 heteroatoms. The molecule has 4 rings (SSSR count). The summed E-state index contributed by atoms with van der Waals surface area (Å²) in [6.45, 7) is 4.17. The van der Waals surface area contributed by atoms with Crippen LogP contribution in [0.4, 0.5) is 0 Å². The number of oxazole rings is 1. The summed E-state index contributed by atoms with van der Waals surface area (Å²) in [7, 11) is 0. The number of fused-ring (bicyclic) bond motifs is 1. The minimum atomic E-state index is 0.609. The number of thioether (sulfide) groups is 1. The lowest BCUT2D eigenvalue weighted by Gasteiger charge is -2.09. The van der Waals surface area contributed by atoms with Crippen molar-refractivity contribution in [2.75, 3.05) is 0 Å². The Bertz CT molecular complexity index is 972. The summed E-state index contributed by atoms with van der Waals surface area (Å²) in [6, 6.07) is 14.1. The lowest BCUT2D eigenvalue weighted by atomic mass is 10.1. The second-order valence-corrected chi connectivity index (χ2v) is 6.58. The van der Waals surface area contributed by atoms with Crippen molar-refractivity contribution in [3.8, 4) is 5.69 Å². The SMILES string of the molecule is Cc1ccc(C)c(-n2cnnc2SCc2nc3ccccc3o2)c1. The number of para-hydroxylation sites is 2. The van der Waals surface area contributed by atoms with Gasteiger partial charge in [-0.1, -0.05) is 36.0 Å². The molecule has 120 valence electrons. The van der Waals surface area contributed by atoms with Crippen molar-refractivity contribution in [3.05, 3.63) is 65.8 Å². The first-order valence-corrected chi connectivity index (χ1v) is 8.64. The second-order valence-electron chi connectivity index (χ2n) is 5.64. The van der Waals surface area contributed by atoms with E-state index in [1.807, 2.05) is 28.8 Å². The van der Waals surface area contributed by atoms with Gasteiger partial charge in [0.15, 0.2) is 10.7 Å². The molecule has 0 aliphatic carbocycles. The molecule has 24 heavy (non-hydrogen) atoms. The molecule has 4 aromatic rings. The van der Waals surface area contributed by atoms with Crippen LogP contribution in [0.25, 0.3) is 16.8 Å². The summed E-state index contributed by atoms with van der Waals surface area (Å²) in [5, 5.41) is 9.13. The minimum absolute atomic E-state index is 0.609. The molecule has 0 saturated carbocycles. The molecule has 0 amide bonds. The topological polar surface area (TPSA) is 56.7 Å². The molecule has 0 atom stereocenters. The number of benzene rings is 2. The maximum atomic E-state index is 5.77. The summed E-state index contributed by atoms with van der Waals surface area (Å²) in [5.74, 6) is 1.30. The highest BCUT2D eigenvalue weighted by atomic mass is 32.2. The Balaban J connectivity index is 1.60. The number of aromatic nitrogens is 4. The first-order chi connectivity index (χ1) is 11.7. The highest BCUT2D eigenvalue weighted by Crippen LogP contribution is 2.26. The van der Waals surface area contributed by atoms with E-state index < -0.39 is 0 Å². The molecule has 5 nitrogen and oxygen atoms in total. The molecule has 0 aliphatic rings. The van der Waals surface area contributed by atoms with E-state index in [9.17, 15) is 0 Å². The third-order valence-corrected chi connectivity index (χ3v) is 4.73. The van der Waals surface area contributed by atoms with E-state index in [0.29, 0.717) is 11.6 Å². The second kappa shape index (κ2) is 6.13. The number of nitrogens with zero attached hydrogens (tertiary/aromatic N) is 4. The molecule has 0 spiro atoms. The van der Waals surface area contributed by atoms with Crippen molar-refractivity contribution in [1.29, 1.82) is 0 Å². The standard InChI is InChI=1S/C18H16N4OS/c1-12-7-8-13(2)15(9-12)22-11-19-21-18(22)24-10-17-20-14-5-3-4-6-16(14)23-17/h3-9,11H,10H2,1-2H3. The van der Waals surface area contributed by atoms with Crippen LogP contribution in [0.3, 0.4) is 0 Å². The van der Waals surface area contributed by atoms with Crippen LogP contribution >= 0.6 is 11.8 Å². The van der Waals surface area contributed by atoms with Gasteiger partial charge in [0, 0.05) is 0 Å². The van der Waals surface area contributed by atoms with Gasteiger partial charge < -0.3 is 4.42 Å². The van der Waals surface area contributed by atoms with Gasteiger partial charge in [-0.3, -0.25) is 4.57 Å². The molecular formula is C18H16N4OS. The van der Waals surface area contributed by atoms with Crippen molar-refractivity contribution in [3.63, 3.8) is 0 Å². The lowest BCUT2D eigenvalue weighted by molar-refractivity contribution is 0.556. The predicted octanol–water partition coefficient (Wildman–Crippen LogP) is 4.32.